The van der Waals surface area contributed by atoms with Crippen LogP contribution in [0.3, 0.4) is 0 Å². The summed E-state index contributed by atoms with van der Waals surface area (Å²) in [5.74, 6) is 1.40. The molecule has 6 nitrogen and oxygen atoms in total. The minimum atomic E-state index is -0.800. The summed E-state index contributed by atoms with van der Waals surface area (Å²) in [5, 5.41) is 11.9. The Hall–Kier alpha value is -1.85. The number of hydrogen-bond donors (Lipinski definition) is 2. The maximum Gasteiger partial charge on any atom is 0.303 e. The van der Waals surface area contributed by atoms with Crippen LogP contribution in [0, 0.1) is 0 Å². The monoisotopic (exact) mass is 248 g/mol. The molecule has 1 fully saturated rings. The predicted molar refractivity (Wildman–Crippen MR) is 64.5 cm³/mol. The van der Waals surface area contributed by atoms with Crippen molar-refractivity contribution in [1.82, 2.24) is 19.6 Å². The Morgan fingerprint density at radius 3 is 2.89 bits per heavy atom. The molecule has 1 aliphatic carbocycles. The van der Waals surface area contributed by atoms with Crippen LogP contribution < -0.4 is 0 Å². The van der Waals surface area contributed by atoms with Gasteiger partial charge in [-0.1, -0.05) is 12.8 Å². The fourth-order valence-corrected chi connectivity index (χ4v) is 2.57. The molecule has 0 unspecified atom stereocenters. The van der Waals surface area contributed by atoms with E-state index >= 15 is 0 Å². The topological polar surface area (TPSA) is 83.3 Å². The van der Waals surface area contributed by atoms with Crippen molar-refractivity contribution in [2.75, 3.05) is 0 Å². The number of aliphatic carboxylic acids is 1. The number of carboxylic acid groups (broad SMARTS) is 1. The molecule has 0 bridgehead atoms. The fraction of sp³-hybridized carbons (Fsp3) is 0.583. The van der Waals surface area contributed by atoms with Crippen molar-refractivity contribution in [2.45, 2.75) is 44.4 Å². The lowest BCUT2D eigenvalue weighted by atomic mass is 10.1. The molecule has 0 amide bonds. The number of nitrogens with zero attached hydrogens (tertiary/aromatic N) is 3. The summed E-state index contributed by atoms with van der Waals surface area (Å²) in [4.78, 5) is 19.3. The lowest BCUT2D eigenvalue weighted by Gasteiger charge is -2.02. The van der Waals surface area contributed by atoms with Crippen LogP contribution in [0.4, 0.5) is 0 Å². The number of fused-ring (bicyclic) bond motifs is 1. The number of aryl methyl sites for hydroxylation is 1. The number of imidazole rings is 1. The van der Waals surface area contributed by atoms with Gasteiger partial charge >= 0.3 is 5.97 Å². The average Bonchev–Trinajstić information content (AvgIpc) is 3.00. The highest BCUT2D eigenvalue weighted by Crippen LogP contribution is 2.32. The van der Waals surface area contributed by atoms with E-state index in [1.807, 2.05) is 6.20 Å². The largest absolute Gasteiger partial charge is 0.481 e. The fourth-order valence-electron chi connectivity index (χ4n) is 2.57. The van der Waals surface area contributed by atoms with Gasteiger partial charge in [0.25, 0.3) is 5.78 Å². The third-order valence-corrected chi connectivity index (χ3v) is 3.53. The molecule has 2 aromatic heterocycles. The Bertz CT molecular complexity index is 534. The highest BCUT2D eigenvalue weighted by Gasteiger charge is 2.21. The zero-order chi connectivity index (χ0) is 12.5. The van der Waals surface area contributed by atoms with Gasteiger partial charge in [0.15, 0.2) is 0 Å². The summed E-state index contributed by atoms with van der Waals surface area (Å²) in [6, 6.07) is 0. The summed E-state index contributed by atoms with van der Waals surface area (Å²) in [6.07, 6.45) is 7.34. The first-order valence-corrected chi connectivity index (χ1v) is 6.38. The standard InChI is InChI=1S/C12H16N4O2/c17-10(18)6-5-9-7-16-12(13-9)14-11(15-16)8-3-1-2-4-8/h7-8H,1-6H2,(H,17,18)(H,13,14,15). The van der Waals surface area contributed by atoms with Gasteiger partial charge in [-0.25, -0.2) is 9.50 Å². The Morgan fingerprint density at radius 2 is 2.22 bits per heavy atom. The molecule has 6 heteroatoms. The number of hydrogen-bond acceptors (Lipinski definition) is 3. The molecule has 0 radical (unpaired) electrons. The van der Waals surface area contributed by atoms with Gasteiger partial charge in [-0.15, -0.1) is 0 Å². The first-order valence-electron chi connectivity index (χ1n) is 6.38. The lowest BCUT2D eigenvalue weighted by Crippen LogP contribution is -1.98. The van der Waals surface area contributed by atoms with E-state index in [0.29, 0.717) is 18.1 Å². The number of H-pyrrole nitrogens is 1. The Labute approximate surface area is 104 Å². The van der Waals surface area contributed by atoms with Crippen molar-refractivity contribution in [3.63, 3.8) is 0 Å². The van der Waals surface area contributed by atoms with E-state index in [2.05, 4.69) is 15.1 Å². The normalized spacial score (nSPS) is 16.7. The van der Waals surface area contributed by atoms with E-state index < -0.39 is 5.97 Å². The third kappa shape index (κ3) is 2.10. The number of rotatable bonds is 4. The molecule has 1 aliphatic rings. The van der Waals surface area contributed by atoms with Gasteiger partial charge < -0.3 is 5.11 Å². The van der Waals surface area contributed by atoms with Crippen LogP contribution >= 0.6 is 0 Å². The van der Waals surface area contributed by atoms with Crippen LogP contribution in [0.5, 0.6) is 0 Å². The molecule has 0 aliphatic heterocycles. The Kier molecular flexibility index (Phi) is 2.77. The quantitative estimate of drug-likeness (QED) is 0.863. The second kappa shape index (κ2) is 4.44. The van der Waals surface area contributed by atoms with Gasteiger partial charge in [0, 0.05) is 12.3 Å². The number of aromatic amines is 1. The Balaban J connectivity index is 1.77. The maximum atomic E-state index is 10.5. The van der Waals surface area contributed by atoms with Crippen LogP contribution in [0.25, 0.3) is 5.78 Å². The van der Waals surface area contributed by atoms with E-state index in [9.17, 15) is 4.79 Å². The molecule has 0 atom stereocenters. The van der Waals surface area contributed by atoms with Crippen LogP contribution in [0.1, 0.15) is 49.5 Å². The van der Waals surface area contributed by atoms with E-state index in [0.717, 1.165) is 11.5 Å². The number of nitrogens with one attached hydrogen (secondary N) is 1. The molecule has 0 spiro atoms. The van der Waals surface area contributed by atoms with Gasteiger partial charge in [-0.2, -0.15) is 4.98 Å². The molecule has 2 heterocycles. The zero-order valence-corrected chi connectivity index (χ0v) is 10.1. The molecular formula is C12H16N4O2. The van der Waals surface area contributed by atoms with Crippen molar-refractivity contribution < 1.29 is 9.90 Å². The van der Waals surface area contributed by atoms with Crippen molar-refractivity contribution in [2.24, 2.45) is 0 Å². The van der Waals surface area contributed by atoms with Gasteiger partial charge in [0.1, 0.15) is 5.82 Å². The summed E-state index contributed by atoms with van der Waals surface area (Å²) in [5.41, 5.74) is 0.772. The molecule has 2 N–H and O–H groups in total. The van der Waals surface area contributed by atoms with Crippen molar-refractivity contribution in [3.05, 3.63) is 17.7 Å². The van der Waals surface area contributed by atoms with Crippen LogP contribution in [-0.2, 0) is 11.2 Å². The van der Waals surface area contributed by atoms with Gasteiger partial charge in [-0.05, 0) is 12.8 Å². The van der Waals surface area contributed by atoms with Crippen LogP contribution in [0.15, 0.2) is 6.20 Å². The highest BCUT2D eigenvalue weighted by atomic mass is 16.4. The van der Waals surface area contributed by atoms with Crippen LogP contribution in [-0.4, -0.2) is 30.7 Å². The summed E-state index contributed by atoms with van der Waals surface area (Å²) < 4.78 is 1.80. The third-order valence-electron chi connectivity index (χ3n) is 3.53. The summed E-state index contributed by atoms with van der Waals surface area (Å²) >= 11 is 0. The second-order valence-electron chi connectivity index (χ2n) is 4.89. The van der Waals surface area contributed by atoms with E-state index in [1.54, 1.807) is 4.52 Å². The lowest BCUT2D eigenvalue weighted by molar-refractivity contribution is -0.136. The first kappa shape index (κ1) is 11.3. The summed E-state index contributed by atoms with van der Waals surface area (Å²) in [6.45, 7) is 0. The van der Waals surface area contributed by atoms with Crippen LogP contribution in [0.2, 0.25) is 0 Å². The van der Waals surface area contributed by atoms with Crippen molar-refractivity contribution in [3.8, 4) is 0 Å². The van der Waals surface area contributed by atoms with E-state index in [4.69, 9.17) is 5.11 Å². The maximum absolute atomic E-state index is 10.5. The zero-order valence-electron chi connectivity index (χ0n) is 10.1. The number of carboxylic acids is 1. The van der Waals surface area contributed by atoms with Crippen molar-refractivity contribution in [1.29, 1.82) is 0 Å². The van der Waals surface area contributed by atoms with E-state index in [1.165, 1.54) is 25.7 Å². The van der Waals surface area contributed by atoms with Gasteiger partial charge in [0.2, 0.25) is 0 Å². The minimum absolute atomic E-state index is 0.107. The predicted octanol–water partition coefficient (Wildman–Crippen LogP) is 1.73. The molecule has 18 heavy (non-hydrogen) atoms. The number of carbonyl (C=O) groups is 1. The second-order valence-corrected chi connectivity index (χ2v) is 4.89. The molecular weight excluding hydrogens is 232 g/mol. The van der Waals surface area contributed by atoms with Gasteiger partial charge in [0.05, 0.1) is 18.3 Å². The molecule has 0 saturated heterocycles. The first-order chi connectivity index (χ1) is 8.72. The molecule has 96 valence electrons. The molecule has 1 saturated carbocycles. The highest BCUT2D eigenvalue weighted by molar-refractivity contribution is 5.67. The van der Waals surface area contributed by atoms with Crippen molar-refractivity contribution >= 4 is 11.7 Å². The van der Waals surface area contributed by atoms with Gasteiger partial charge in [-0.3, -0.25) is 9.89 Å². The molecule has 2 aromatic rings. The molecule has 3 rings (SSSR count). The smallest absolute Gasteiger partial charge is 0.303 e. The molecule has 0 aromatic carbocycles. The summed E-state index contributed by atoms with van der Waals surface area (Å²) in [7, 11) is 0. The van der Waals surface area contributed by atoms with E-state index in [-0.39, 0.29) is 6.42 Å². The number of aromatic nitrogens is 4. The Morgan fingerprint density at radius 1 is 1.44 bits per heavy atom. The minimum Gasteiger partial charge on any atom is -0.481 e. The average molecular weight is 248 g/mol. The SMILES string of the molecule is O=C(O)CCc1cn2[nH]c(C3CCCC3)nc2n1.